The van der Waals surface area contributed by atoms with Gasteiger partial charge in [-0.2, -0.15) is 0 Å². The van der Waals surface area contributed by atoms with Gasteiger partial charge in [0.1, 0.15) is 0 Å². The summed E-state index contributed by atoms with van der Waals surface area (Å²) in [5.41, 5.74) is 0.645. The van der Waals surface area contributed by atoms with Crippen molar-refractivity contribution in [2.24, 2.45) is 5.92 Å². The minimum absolute atomic E-state index is 0.0426. The van der Waals surface area contributed by atoms with Crippen LogP contribution in [0.1, 0.15) is 19.3 Å². The zero-order valence-electron chi connectivity index (χ0n) is 14.3. The minimum atomic E-state index is -0.0426. The first-order valence-corrected chi connectivity index (χ1v) is 9.32. The Balaban J connectivity index is 1.41. The zero-order valence-corrected chi connectivity index (χ0v) is 15.1. The lowest BCUT2D eigenvalue weighted by atomic mass is 10.0. The van der Waals surface area contributed by atoms with Gasteiger partial charge in [-0.15, -0.1) is 0 Å². The Bertz CT molecular complexity index is 654. The van der Waals surface area contributed by atoms with Crippen LogP contribution in [0.3, 0.4) is 0 Å². The molecule has 2 aliphatic rings. The van der Waals surface area contributed by atoms with Gasteiger partial charge in [-0.05, 0) is 30.9 Å². The van der Waals surface area contributed by atoms with E-state index < -0.39 is 0 Å². The number of nitrogens with zero attached hydrogens (tertiary/aromatic N) is 1. The number of hydrogen-bond donors (Lipinski definition) is 2. The van der Waals surface area contributed by atoms with Gasteiger partial charge in [0.15, 0.2) is 6.54 Å². The number of amides is 2. The van der Waals surface area contributed by atoms with Crippen LogP contribution in [0, 0.1) is 5.92 Å². The number of carbonyl (C=O) groups excluding carboxylic acids is 2. The summed E-state index contributed by atoms with van der Waals surface area (Å²) in [7, 11) is 0. The number of benzene rings is 1. The smallest absolute Gasteiger partial charge is 0.279 e. The lowest BCUT2D eigenvalue weighted by Gasteiger charge is -2.32. The molecule has 0 aromatic heterocycles. The molecule has 6 heteroatoms. The summed E-state index contributed by atoms with van der Waals surface area (Å²) in [6.07, 6.45) is 7.14. The van der Waals surface area contributed by atoms with Crippen molar-refractivity contribution in [3.8, 4) is 0 Å². The number of hydrogen-bond acceptors (Lipinski definition) is 2. The quantitative estimate of drug-likeness (QED) is 0.777. The van der Waals surface area contributed by atoms with Gasteiger partial charge < -0.3 is 15.1 Å². The lowest BCUT2D eigenvalue weighted by molar-refractivity contribution is -0.895. The highest BCUT2D eigenvalue weighted by molar-refractivity contribution is 6.33. The lowest BCUT2D eigenvalue weighted by Crippen LogP contribution is -3.15. The van der Waals surface area contributed by atoms with Crippen LogP contribution in [-0.2, 0) is 9.59 Å². The molecule has 2 N–H and O–H groups in total. The monoisotopic (exact) mass is 362 g/mol. The molecule has 0 radical (unpaired) electrons. The molecule has 1 fully saturated rings. The Kier molecular flexibility index (Phi) is 6.10. The fourth-order valence-corrected chi connectivity index (χ4v) is 3.63. The second kappa shape index (κ2) is 8.50. The summed E-state index contributed by atoms with van der Waals surface area (Å²) < 4.78 is 0. The molecule has 1 atom stereocenters. The molecule has 1 heterocycles. The van der Waals surface area contributed by atoms with Crippen molar-refractivity contribution in [2.45, 2.75) is 19.3 Å². The topological polar surface area (TPSA) is 53.9 Å². The molecular formula is C19H25ClN3O2+. The average Bonchev–Trinajstić information content (AvgIpc) is 3.10. The molecule has 1 aliphatic heterocycles. The number of piperazine rings is 1. The predicted octanol–water partition coefficient (Wildman–Crippen LogP) is 1.36. The minimum Gasteiger partial charge on any atom is -0.331 e. The Labute approximate surface area is 153 Å². The van der Waals surface area contributed by atoms with E-state index in [-0.39, 0.29) is 11.8 Å². The van der Waals surface area contributed by atoms with Gasteiger partial charge in [-0.1, -0.05) is 35.9 Å². The molecule has 1 aliphatic carbocycles. The first kappa shape index (κ1) is 18.0. The molecule has 0 saturated carbocycles. The van der Waals surface area contributed by atoms with Gasteiger partial charge in [0.2, 0.25) is 5.91 Å². The van der Waals surface area contributed by atoms with Crippen LogP contribution in [0.4, 0.5) is 5.69 Å². The summed E-state index contributed by atoms with van der Waals surface area (Å²) in [6.45, 7) is 3.47. The Morgan fingerprint density at radius 1 is 1.24 bits per heavy atom. The van der Waals surface area contributed by atoms with Crippen molar-refractivity contribution in [2.75, 3.05) is 38.0 Å². The highest BCUT2D eigenvalue weighted by atomic mass is 35.5. The molecule has 134 valence electrons. The SMILES string of the molecule is O=C(C[NH+]1CCN(C(=O)C[C@H]2C=CCC2)CC1)Nc1ccccc1Cl. The van der Waals surface area contributed by atoms with Crippen LogP contribution < -0.4 is 10.2 Å². The van der Waals surface area contributed by atoms with Crippen molar-refractivity contribution < 1.29 is 14.5 Å². The van der Waals surface area contributed by atoms with E-state index in [1.165, 1.54) is 4.90 Å². The van der Waals surface area contributed by atoms with E-state index >= 15 is 0 Å². The van der Waals surface area contributed by atoms with E-state index in [2.05, 4.69) is 17.5 Å². The molecule has 5 nitrogen and oxygen atoms in total. The third kappa shape index (κ3) is 5.06. The van der Waals surface area contributed by atoms with E-state index in [0.717, 1.165) is 39.0 Å². The van der Waals surface area contributed by atoms with Crippen LogP contribution in [0.25, 0.3) is 0 Å². The average molecular weight is 363 g/mol. The van der Waals surface area contributed by atoms with Gasteiger partial charge in [-0.25, -0.2) is 0 Å². The molecule has 1 saturated heterocycles. The van der Waals surface area contributed by atoms with Gasteiger partial charge in [0, 0.05) is 6.42 Å². The predicted molar refractivity (Wildman–Crippen MR) is 98.7 cm³/mol. The van der Waals surface area contributed by atoms with Gasteiger partial charge >= 0.3 is 0 Å². The second-order valence-corrected chi connectivity index (χ2v) is 7.21. The maximum absolute atomic E-state index is 12.4. The standard InChI is InChI=1S/C19H24ClN3O2/c20-16-7-3-4-8-17(16)21-18(24)14-22-9-11-23(12-10-22)19(25)13-15-5-1-2-6-15/h1,3-5,7-8,15H,2,6,9-14H2,(H,21,24)/p+1/t15-/m0/s1. The van der Waals surface area contributed by atoms with Crippen molar-refractivity contribution in [1.82, 2.24) is 4.90 Å². The molecule has 0 spiro atoms. The van der Waals surface area contributed by atoms with Crippen LogP contribution >= 0.6 is 11.6 Å². The number of rotatable bonds is 5. The summed E-state index contributed by atoms with van der Waals surface area (Å²) >= 11 is 6.06. The number of nitrogens with one attached hydrogen (secondary N) is 2. The third-order valence-corrected chi connectivity index (χ3v) is 5.26. The van der Waals surface area contributed by atoms with Gasteiger partial charge in [0.25, 0.3) is 5.91 Å². The van der Waals surface area contributed by atoms with Crippen LogP contribution in [0.15, 0.2) is 36.4 Å². The Morgan fingerprint density at radius 2 is 2.00 bits per heavy atom. The van der Waals surface area contributed by atoms with E-state index in [0.29, 0.717) is 29.6 Å². The maximum Gasteiger partial charge on any atom is 0.279 e. The first-order chi connectivity index (χ1) is 12.1. The van der Waals surface area contributed by atoms with E-state index in [1.807, 2.05) is 17.0 Å². The Hall–Kier alpha value is -1.85. The highest BCUT2D eigenvalue weighted by Crippen LogP contribution is 2.21. The van der Waals surface area contributed by atoms with Crippen molar-refractivity contribution in [3.63, 3.8) is 0 Å². The van der Waals surface area contributed by atoms with Gasteiger partial charge in [-0.3, -0.25) is 9.59 Å². The van der Waals surface area contributed by atoms with E-state index in [4.69, 9.17) is 11.6 Å². The molecule has 2 amide bonds. The zero-order chi connectivity index (χ0) is 17.6. The fourth-order valence-electron chi connectivity index (χ4n) is 3.45. The Morgan fingerprint density at radius 3 is 2.68 bits per heavy atom. The summed E-state index contributed by atoms with van der Waals surface area (Å²) in [5, 5.41) is 3.40. The molecule has 0 unspecified atom stereocenters. The molecule has 1 aromatic rings. The molecule has 3 rings (SSSR count). The summed E-state index contributed by atoms with van der Waals surface area (Å²) in [4.78, 5) is 27.7. The van der Waals surface area contributed by atoms with Crippen molar-refractivity contribution in [1.29, 1.82) is 0 Å². The van der Waals surface area contributed by atoms with Crippen LogP contribution in [0.2, 0.25) is 5.02 Å². The molecule has 25 heavy (non-hydrogen) atoms. The van der Waals surface area contributed by atoms with Gasteiger partial charge in [0.05, 0.1) is 36.9 Å². The molecule has 1 aromatic carbocycles. The van der Waals surface area contributed by atoms with Crippen LogP contribution in [-0.4, -0.2) is 49.4 Å². The van der Waals surface area contributed by atoms with Crippen molar-refractivity contribution >= 4 is 29.1 Å². The largest absolute Gasteiger partial charge is 0.331 e. The van der Waals surface area contributed by atoms with Crippen LogP contribution in [0.5, 0.6) is 0 Å². The third-order valence-electron chi connectivity index (χ3n) is 4.93. The number of para-hydroxylation sites is 1. The second-order valence-electron chi connectivity index (χ2n) is 6.81. The number of carbonyl (C=O) groups is 2. The first-order valence-electron chi connectivity index (χ1n) is 8.94. The van der Waals surface area contributed by atoms with E-state index in [1.54, 1.807) is 12.1 Å². The number of anilines is 1. The fraction of sp³-hybridized carbons (Fsp3) is 0.474. The number of allylic oxidation sites excluding steroid dienone is 2. The highest BCUT2D eigenvalue weighted by Gasteiger charge is 2.26. The van der Waals surface area contributed by atoms with E-state index in [9.17, 15) is 9.59 Å². The maximum atomic E-state index is 12.4. The summed E-state index contributed by atoms with van der Waals surface area (Å²) in [6, 6.07) is 7.23. The molecular weight excluding hydrogens is 338 g/mol. The number of quaternary nitrogens is 1. The molecule has 0 bridgehead atoms. The summed E-state index contributed by atoms with van der Waals surface area (Å²) in [5.74, 6) is 0.620. The number of halogens is 1. The normalized spacial score (nSPS) is 20.7. The van der Waals surface area contributed by atoms with Crippen molar-refractivity contribution in [3.05, 3.63) is 41.4 Å².